The van der Waals surface area contributed by atoms with Gasteiger partial charge in [-0.15, -0.1) is 16.8 Å². The number of aryl methyl sites for hydroxylation is 2. The molecular formula is C16H20N4O3S3. The molecular weight excluding hydrogens is 392 g/mol. The number of para-hydroxylation sites is 1. The maximum Gasteiger partial charge on any atom is 0.246 e. The Morgan fingerprint density at radius 2 is 2.00 bits per heavy atom. The number of anilines is 2. The van der Waals surface area contributed by atoms with E-state index in [-0.39, 0.29) is 6.54 Å². The van der Waals surface area contributed by atoms with E-state index >= 15 is 0 Å². The minimum Gasteiger partial charge on any atom is -0.299 e. The van der Waals surface area contributed by atoms with Crippen molar-refractivity contribution in [3.8, 4) is 0 Å². The van der Waals surface area contributed by atoms with Gasteiger partial charge in [0.05, 0.1) is 11.9 Å². The van der Waals surface area contributed by atoms with Crippen molar-refractivity contribution in [1.82, 2.24) is 10.2 Å². The summed E-state index contributed by atoms with van der Waals surface area (Å²) >= 11 is 2.69. The highest BCUT2D eigenvalue weighted by Crippen LogP contribution is 2.28. The van der Waals surface area contributed by atoms with E-state index in [1.54, 1.807) is 6.08 Å². The molecule has 1 aromatic heterocycles. The third-order valence-corrected chi connectivity index (χ3v) is 6.43. The predicted molar refractivity (Wildman–Crippen MR) is 108 cm³/mol. The number of benzene rings is 1. The number of rotatable bonds is 8. The molecule has 0 saturated carbocycles. The molecule has 7 nitrogen and oxygen atoms in total. The normalized spacial score (nSPS) is 11.2. The van der Waals surface area contributed by atoms with Gasteiger partial charge in [-0.25, -0.2) is 8.42 Å². The lowest BCUT2D eigenvalue weighted by atomic mass is 10.1. The van der Waals surface area contributed by atoms with Crippen LogP contribution < -0.4 is 9.62 Å². The Morgan fingerprint density at radius 1 is 1.35 bits per heavy atom. The fourth-order valence-electron chi connectivity index (χ4n) is 2.30. The SMILES string of the molecule is C=CCSc1nnc(NC(=O)CN(c2c(C)cccc2C)S(C)(=O)=O)s1. The maximum absolute atomic E-state index is 12.4. The van der Waals surface area contributed by atoms with Crippen LogP contribution in [0.4, 0.5) is 10.8 Å². The average molecular weight is 413 g/mol. The molecule has 0 radical (unpaired) electrons. The van der Waals surface area contributed by atoms with Gasteiger partial charge in [-0.05, 0) is 25.0 Å². The topological polar surface area (TPSA) is 92.3 Å². The Hall–Kier alpha value is -1.91. The highest BCUT2D eigenvalue weighted by Gasteiger charge is 2.24. The molecule has 0 atom stereocenters. The molecule has 2 aromatic rings. The largest absolute Gasteiger partial charge is 0.299 e. The number of carbonyl (C=O) groups excluding carboxylic acids is 1. The first-order valence-corrected chi connectivity index (χ1v) is 11.3. The second-order valence-corrected chi connectivity index (χ2v) is 9.68. The van der Waals surface area contributed by atoms with Crippen LogP contribution in [-0.2, 0) is 14.8 Å². The van der Waals surface area contributed by atoms with Crippen molar-refractivity contribution < 1.29 is 13.2 Å². The van der Waals surface area contributed by atoms with Crippen molar-refractivity contribution >= 4 is 49.8 Å². The van der Waals surface area contributed by atoms with Gasteiger partial charge in [0.2, 0.25) is 21.1 Å². The first kappa shape index (κ1) is 20.4. The standard InChI is InChI=1S/C16H20N4O3S3/c1-5-9-24-16-19-18-15(25-16)17-13(21)10-20(26(4,22)23)14-11(2)7-6-8-12(14)3/h5-8H,1,9-10H2,2-4H3,(H,17,18,21). The Bertz CT molecular complexity index is 889. The van der Waals surface area contributed by atoms with Gasteiger partial charge in [0, 0.05) is 5.75 Å². The van der Waals surface area contributed by atoms with E-state index in [2.05, 4.69) is 22.1 Å². The molecule has 0 bridgehead atoms. The number of amides is 1. The van der Waals surface area contributed by atoms with Gasteiger partial charge >= 0.3 is 0 Å². The lowest BCUT2D eigenvalue weighted by Gasteiger charge is -2.25. The summed E-state index contributed by atoms with van der Waals surface area (Å²) in [5.41, 5.74) is 2.08. The van der Waals surface area contributed by atoms with Crippen LogP contribution in [0.5, 0.6) is 0 Å². The highest BCUT2D eigenvalue weighted by molar-refractivity contribution is 8.01. The molecule has 140 valence electrons. The molecule has 1 N–H and O–H groups in total. The van der Waals surface area contributed by atoms with E-state index in [1.165, 1.54) is 23.1 Å². The summed E-state index contributed by atoms with van der Waals surface area (Å²) in [6.07, 6.45) is 2.83. The summed E-state index contributed by atoms with van der Waals surface area (Å²) < 4.78 is 26.3. The van der Waals surface area contributed by atoms with E-state index in [0.29, 0.717) is 20.9 Å². The minimum absolute atomic E-state index is 0.330. The highest BCUT2D eigenvalue weighted by atomic mass is 32.2. The average Bonchev–Trinajstić information content (AvgIpc) is 2.98. The molecule has 0 fully saturated rings. The van der Waals surface area contributed by atoms with Crippen LogP contribution in [-0.4, -0.2) is 43.1 Å². The monoisotopic (exact) mass is 412 g/mol. The molecule has 0 aliphatic rings. The van der Waals surface area contributed by atoms with Crippen molar-refractivity contribution in [3.63, 3.8) is 0 Å². The third-order valence-electron chi connectivity index (χ3n) is 3.35. The summed E-state index contributed by atoms with van der Waals surface area (Å²) in [4.78, 5) is 12.4. The van der Waals surface area contributed by atoms with Gasteiger partial charge in [-0.3, -0.25) is 14.4 Å². The summed E-state index contributed by atoms with van der Waals surface area (Å²) in [7, 11) is -3.63. The van der Waals surface area contributed by atoms with E-state index < -0.39 is 15.9 Å². The number of hydrogen-bond acceptors (Lipinski definition) is 7. The molecule has 26 heavy (non-hydrogen) atoms. The maximum atomic E-state index is 12.4. The fraction of sp³-hybridized carbons (Fsp3) is 0.312. The quantitative estimate of drug-likeness (QED) is 0.407. The van der Waals surface area contributed by atoms with Crippen LogP contribution in [0.1, 0.15) is 11.1 Å². The zero-order chi connectivity index (χ0) is 19.3. The summed E-state index contributed by atoms with van der Waals surface area (Å²) in [6, 6.07) is 5.47. The molecule has 0 saturated heterocycles. The van der Waals surface area contributed by atoms with Gasteiger partial charge in [-0.2, -0.15) is 0 Å². The number of nitrogens with zero attached hydrogens (tertiary/aromatic N) is 3. The molecule has 1 amide bonds. The molecule has 1 aromatic carbocycles. The van der Waals surface area contributed by atoms with Crippen molar-refractivity contribution in [2.45, 2.75) is 18.2 Å². The van der Waals surface area contributed by atoms with Gasteiger partial charge < -0.3 is 0 Å². The lowest BCUT2D eigenvalue weighted by Crippen LogP contribution is -2.38. The van der Waals surface area contributed by atoms with E-state index in [4.69, 9.17) is 0 Å². The third kappa shape index (κ3) is 5.29. The fourth-order valence-corrected chi connectivity index (χ4v) is 4.80. The van der Waals surface area contributed by atoms with E-state index in [0.717, 1.165) is 21.7 Å². The van der Waals surface area contributed by atoms with Crippen molar-refractivity contribution in [2.75, 3.05) is 28.2 Å². The van der Waals surface area contributed by atoms with Crippen LogP contribution in [0.3, 0.4) is 0 Å². The van der Waals surface area contributed by atoms with E-state index in [1.807, 2.05) is 32.0 Å². The molecule has 2 rings (SSSR count). The molecule has 0 aliphatic carbocycles. The lowest BCUT2D eigenvalue weighted by molar-refractivity contribution is -0.114. The van der Waals surface area contributed by atoms with Gasteiger partial charge in [0.1, 0.15) is 6.54 Å². The zero-order valence-electron chi connectivity index (χ0n) is 14.7. The number of nitrogens with one attached hydrogen (secondary N) is 1. The van der Waals surface area contributed by atoms with Crippen molar-refractivity contribution in [3.05, 3.63) is 42.0 Å². The number of sulfonamides is 1. The second kappa shape index (κ2) is 8.65. The van der Waals surface area contributed by atoms with Crippen LogP contribution in [0.2, 0.25) is 0 Å². The number of carbonyl (C=O) groups is 1. The predicted octanol–water partition coefficient (Wildman–Crippen LogP) is 2.84. The van der Waals surface area contributed by atoms with Crippen LogP contribution in [0.15, 0.2) is 35.2 Å². The Labute approximate surface area is 161 Å². The second-order valence-electron chi connectivity index (χ2n) is 5.53. The molecule has 0 spiro atoms. The van der Waals surface area contributed by atoms with Crippen LogP contribution in [0, 0.1) is 13.8 Å². The number of aromatic nitrogens is 2. The molecule has 1 heterocycles. The first-order chi connectivity index (χ1) is 12.2. The minimum atomic E-state index is -3.63. The molecule has 0 aliphatic heterocycles. The van der Waals surface area contributed by atoms with Crippen molar-refractivity contribution in [1.29, 1.82) is 0 Å². The van der Waals surface area contributed by atoms with Gasteiger partial charge in [-0.1, -0.05) is 47.4 Å². The summed E-state index contributed by atoms with van der Waals surface area (Å²) in [5, 5.41) is 10.8. The first-order valence-electron chi connectivity index (χ1n) is 7.63. The smallest absolute Gasteiger partial charge is 0.246 e. The number of hydrogen-bond donors (Lipinski definition) is 1. The zero-order valence-corrected chi connectivity index (χ0v) is 17.2. The summed E-state index contributed by atoms with van der Waals surface area (Å²) in [5.74, 6) is 0.214. The van der Waals surface area contributed by atoms with Crippen molar-refractivity contribution in [2.24, 2.45) is 0 Å². The number of thioether (sulfide) groups is 1. The van der Waals surface area contributed by atoms with Gasteiger partial charge in [0.15, 0.2) is 4.34 Å². The summed E-state index contributed by atoms with van der Waals surface area (Å²) in [6.45, 7) is 6.92. The Balaban J connectivity index is 2.18. The van der Waals surface area contributed by atoms with Crippen LogP contribution >= 0.6 is 23.1 Å². The van der Waals surface area contributed by atoms with Gasteiger partial charge in [0.25, 0.3) is 0 Å². The Kier molecular flexibility index (Phi) is 6.79. The Morgan fingerprint density at radius 3 is 2.58 bits per heavy atom. The molecule has 0 unspecified atom stereocenters. The molecule has 10 heteroatoms. The van der Waals surface area contributed by atoms with Crippen LogP contribution in [0.25, 0.3) is 0 Å². The van der Waals surface area contributed by atoms with E-state index in [9.17, 15) is 13.2 Å².